The van der Waals surface area contributed by atoms with Crippen molar-refractivity contribution in [1.29, 1.82) is 0 Å². The van der Waals surface area contributed by atoms with Crippen LogP contribution in [0.4, 0.5) is 0 Å². The minimum Gasteiger partial charge on any atom is -0.316 e. The van der Waals surface area contributed by atoms with Gasteiger partial charge in [0.1, 0.15) is 0 Å². The molecule has 0 aromatic heterocycles. The highest BCUT2D eigenvalue weighted by molar-refractivity contribution is 5.33. The molecule has 2 heteroatoms. The second kappa shape index (κ2) is 9.39. The first-order valence-electron chi connectivity index (χ1n) is 10.9. The molecular weight excluding hydrogens is 352 g/mol. The van der Waals surface area contributed by atoms with Crippen molar-refractivity contribution in [3.05, 3.63) is 108 Å². The van der Waals surface area contributed by atoms with E-state index in [9.17, 15) is 0 Å². The predicted molar refractivity (Wildman–Crippen MR) is 122 cm³/mol. The van der Waals surface area contributed by atoms with Crippen LogP contribution in [0.1, 0.15) is 42.5 Å². The normalized spacial score (nSPS) is 16.8. The lowest BCUT2D eigenvalue weighted by Gasteiger charge is -2.45. The lowest BCUT2D eigenvalue weighted by Crippen LogP contribution is -2.49. The van der Waals surface area contributed by atoms with Crippen molar-refractivity contribution in [1.82, 2.24) is 10.2 Å². The highest BCUT2D eigenvalue weighted by Gasteiger charge is 2.38. The van der Waals surface area contributed by atoms with Crippen molar-refractivity contribution < 1.29 is 0 Å². The van der Waals surface area contributed by atoms with Crippen molar-refractivity contribution in [3.63, 3.8) is 0 Å². The van der Waals surface area contributed by atoms with Crippen LogP contribution in [0.25, 0.3) is 0 Å². The highest BCUT2D eigenvalue weighted by atomic mass is 15.2. The summed E-state index contributed by atoms with van der Waals surface area (Å²) in [6.07, 6.45) is 2.36. The van der Waals surface area contributed by atoms with Crippen molar-refractivity contribution in [3.8, 4) is 0 Å². The minimum absolute atomic E-state index is 0.228. The molecule has 150 valence electrons. The zero-order chi connectivity index (χ0) is 19.9. The molecule has 0 amide bonds. The van der Waals surface area contributed by atoms with E-state index < -0.39 is 0 Å². The molecular formula is C27H32N2. The maximum absolute atomic E-state index is 3.65. The Hall–Kier alpha value is -2.42. The molecule has 0 unspecified atom stereocenters. The molecule has 1 saturated heterocycles. The zero-order valence-corrected chi connectivity index (χ0v) is 17.4. The van der Waals surface area contributed by atoms with E-state index in [4.69, 9.17) is 0 Å². The zero-order valence-electron chi connectivity index (χ0n) is 17.4. The second-order valence-corrected chi connectivity index (χ2v) is 8.19. The van der Waals surface area contributed by atoms with Gasteiger partial charge in [0.05, 0.1) is 6.04 Å². The van der Waals surface area contributed by atoms with E-state index in [1.54, 1.807) is 0 Å². The van der Waals surface area contributed by atoms with Gasteiger partial charge in [-0.05, 0) is 49.2 Å². The summed E-state index contributed by atoms with van der Waals surface area (Å²) in [7, 11) is 0. The molecule has 0 bridgehead atoms. The number of benzene rings is 3. The first kappa shape index (κ1) is 19.9. The molecule has 1 fully saturated rings. The van der Waals surface area contributed by atoms with Crippen molar-refractivity contribution >= 4 is 0 Å². The summed E-state index contributed by atoms with van der Waals surface area (Å²) >= 11 is 0. The Morgan fingerprint density at radius 1 is 0.759 bits per heavy atom. The van der Waals surface area contributed by atoms with Crippen LogP contribution in [0.3, 0.4) is 0 Å². The maximum atomic E-state index is 3.65. The van der Waals surface area contributed by atoms with Gasteiger partial charge in [-0.15, -0.1) is 0 Å². The molecule has 1 heterocycles. The Morgan fingerprint density at radius 2 is 1.24 bits per heavy atom. The van der Waals surface area contributed by atoms with E-state index in [2.05, 4.69) is 108 Å². The fourth-order valence-electron chi connectivity index (χ4n) is 4.82. The van der Waals surface area contributed by atoms with E-state index in [1.165, 1.54) is 29.5 Å². The van der Waals surface area contributed by atoms with Gasteiger partial charge in [0.2, 0.25) is 0 Å². The third kappa shape index (κ3) is 4.44. The van der Waals surface area contributed by atoms with Crippen LogP contribution in [-0.4, -0.2) is 31.1 Å². The van der Waals surface area contributed by atoms with E-state index in [1.807, 2.05) is 0 Å². The van der Waals surface area contributed by atoms with Gasteiger partial charge in [0, 0.05) is 12.0 Å². The van der Waals surface area contributed by atoms with Crippen LogP contribution in [0, 0.1) is 0 Å². The maximum Gasteiger partial charge on any atom is 0.0601 e. The molecule has 29 heavy (non-hydrogen) atoms. The molecule has 1 aliphatic heterocycles. The van der Waals surface area contributed by atoms with Crippen molar-refractivity contribution in [2.24, 2.45) is 0 Å². The number of likely N-dealkylation sites (tertiary alicyclic amines) is 1. The molecule has 3 aromatic carbocycles. The van der Waals surface area contributed by atoms with Crippen LogP contribution < -0.4 is 5.32 Å². The minimum atomic E-state index is 0.228. The Labute approximate surface area is 175 Å². The quantitative estimate of drug-likeness (QED) is 0.585. The SMILES string of the molecule is CCNCC1(c2ccccc2)CCN(C(c2ccccc2)c2ccccc2)CC1. The highest BCUT2D eigenvalue weighted by Crippen LogP contribution is 2.39. The van der Waals surface area contributed by atoms with Gasteiger partial charge in [0.15, 0.2) is 0 Å². The number of hydrogen-bond acceptors (Lipinski definition) is 2. The van der Waals surface area contributed by atoms with Gasteiger partial charge in [-0.3, -0.25) is 4.90 Å². The summed E-state index contributed by atoms with van der Waals surface area (Å²) in [5.74, 6) is 0. The summed E-state index contributed by atoms with van der Waals surface area (Å²) in [6.45, 7) is 6.50. The van der Waals surface area contributed by atoms with Crippen LogP contribution in [-0.2, 0) is 5.41 Å². The van der Waals surface area contributed by atoms with Crippen LogP contribution in [0.5, 0.6) is 0 Å². The molecule has 2 nitrogen and oxygen atoms in total. The van der Waals surface area contributed by atoms with Gasteiger partial charge in [-0.25, -0.2) is 0 Å². The third-order valence-corrected chi connectivity index (χ3v) is 6.45. The van der Waals surface area contributed by atoms with Crippen LogP contribution in [0.15, 0.2) is 91.0 Å². The molecule has 3 aromatic rings. The Bertz CT molecular complexity index is 813. The molecule has 0 aliphatic carbocycles. The number of hydrogen-bond donors (Lipinski definition) is 1. The van der Waals surface area contributed by atoms with Crippen molar-refractivity contribution in [2.45, 2.75) is 31.2 Å². The number of piperidine rings is 1. The molecule has 0 spiro atoms. The fourth-order valence-corrected chi connectivity index (χ4v) is 4.82. The average Bonchev–Trinajstić information content (AvgIpc) is 2.81. The number of nitrogens with one attached hydrogen (secondary N) is 1. The number of nitrogens with zero attached hydrogens (tertiary/aromatic N) is 1. The van der Waals surface area contributed by atoms with Gasteiger partial charge in [0.25, 0.3) is 0 Å². The molecule has 1 N–H and O–H groups in total. The van der Waals surface area contributed by atoms with Gasteiger partial charge >= 0.3 is 0 Å². The van der Waals surface area contributed by atoms with E-state index in [0.717, 1.165) is 26.2 Å². The van der Waals surface area contributed by atoms with Crippen LogP contribution in [0.2, 0.25) is 0 Å². The Balaban J connectivity index is 1.60. The first-order valence-corrected chi connectivity index (χ1v) is 10.9. The third-order valence-electron chi connectivity index (χ3n) is 6.45. The molecule has 0 radical (unpaired) electrons. The molecule has 0 saturated carbocycles. The average molecular weight is 385 g/mol. The smallest absolute Gasteiger partial charge is 0.0601 e. The predicted octanol–water partition coefficient (Wildman–Crippen LogP) is 5.42. The monoisotopic (exact) mass is 384 g/mol. The summed E-state index contributed by atoms with van der Waals surface area (Å²) in [5.41, 5.74) is 4.48. The Morgan fingerprint density at radius 3 is 1.72 bits per heavy atom. The summed E-state index contributed by atoms with van der Waals surface area (Å²) in [5, 5.41) is 3.65. The van der Waals surface area contributed by atoms with E-state index in [-0.39, 0.29) is 5.41 Å². The lowest BCUT2D eigenvalue weighted by atomic mass is 9.72. The van der Waals surface area contributed by atoms with Crippen molar-refractivity contribution in [2.75, 3.05) is 26.2 Å². The van der Waals surface area contributed by atoms with Gasteiger partial charge in [-0.2, -0.15) is 0 Å². The van der Waals surface area contributed by atoms with Gasteiger partial charge in [-0.1, -0.05) is 97.9 Å². The van der Waals surface area contributed by atoms with E-state index >= 15 is 0 Å². The summed E-state index contributed by atoms with van der Waals surface area (Å²) < 4.78 is 0. The standard InChI is InChI=1S/C27H32N2/c1-2-28-22-27(25-16-10-5-11-17-25)18-20-29(21-19-27)26(23-12-6-3-7-13-23)24-14-8-4-9-15-24/h3-17,26,28H,2,18-22H2,1H3. The lowest BCUT2D eigenvalue weighted by molar-refractivity contribution is 0.128. The largest absolute Gasteiger partial charge is 0.316 e. The topological polar surface area (TPSA) is 15.3 Å². The molecule has 4 rings (SSSR count). The van der Waals surface area contributed by atoms with E-state index in [0.29, 0.717) is 6.04 Å². The number of rotatable bonds is 7. The summed E-state index contributed by atoms with van der Waals surface area (Å²) in [6, 6.07) is 33.4. The molecule has 1 aliphatic rings. The second-order valence-electron chi connectivity index (χ2n) is 8.19. The molecule has 0 atom stereocenters. The summed E-state index contributed by atoms with van der Waals surface area (Å²) in [4.78, 5) is 2.68. The van der Waals surface area contributed by atoms with Gasteiger partial charge < -0.3 is 5.32 Å². The van der Waals surface area contributed by atoms with Crippen LogP contribution >= 0.6 is 0 Å². The Kier molecular flexibility index (Phi) is 6.43. The number of likely N-dealkylation sites (N-methyl/N-ethyl adjacent to an activating group) is 1. The first-order chi connectivity index (χ1) is 14.3. The fraction of sp³-hybridized carbons (Fsp3) is 0.333.